The Morgan fingerprint density at radius 1 is 0.853 bits per heavy atom. The molecule has 1 saturated carbocycles. The van der Waals surface area contributed by atoms with Crippen molar-refractivity contribution in [3.8, 4) is 11.5 Å². The highest BCUT2D eigenvalue weighted by Crippen LogP contribution is 2.45. The van der Waals surface area contributed by atoms with Gasteiger partial charge in [0.1, 0.15) is 11.5 Å². The van der Waals surface area contributed by atoms with Crippen molar-refractivity contribution in [3.05, 3.63) is 58.7 Å². The number of fused-ring (bicyclic) bond motifs is 2. The number of nitrogens with zero attached hydrogens (tertiary/aromatic N) is 1. The van der Waals surface area contributed by atoms with Gasteiger partial charge < -0.3 is 15.0 Å². The van der Waals surface area contributed by atoms with Crippen LogP contribution in [0.1, 0.15) is 86.0 Å². The smallest absolute Gasteiger partial charge is 0.232 e. The largest absolute Gasteiger partial charge is 0.457 e. The van der Waals surface area contributed by atoms with Gasteiger partial charge in [-0.1, -0.05) is 56.4 Å². The average molecular weight is 461 g/mol. The zero-order chi connectivity index (χ0) is 23.5. The van der Waals surface area contributed by atoms with Gasteiger partial charge in [0.05, 0.1) is 5.92 Å². The third kappa shape index (κ3) is 5.33. The molecule has 0 spiro atoms. The predicted octanol–water partition coefficient (Wildman–Crippen LogP) is 6.48. The minimum absolute atomic E-state index is 0.108. The summed E-state index contributed by atoms with van der Waals surface area (Å²) in [5.41, 5.74) is 4.23. The van der Waals surface area contributed by atoms with E-state index in [2.05, 4.69) is 60.5 Å². The summed E-state index contributed by atoms with van der Waals surface area (Å²) >= 11 is 0. The van der Waals surface area contributed by atoms with Gasteiger partial charge in [0.25, 0.3) is 0 Å². The maximum Gasteiger partial charge on any atom is 0.232 e. The first-order valence-corrected chi connectivity index (χ1v) is 13.5. The number of likely N-dealkylation sites (tertiary alicyclic amines) is 1. The van der Waals surface area contributed by atoms with Crippen LogP contribution in [-0.2, 0) is 4.79 Å². The molecule has 182 valence electrons. The number of carbonyl (C=O) groups is 1. The summed E-state index contributed by atoms with van der Waals surface area (Å²) in [5.74, 6) is 2.29. The van der Waals surface area contributed by atoms with E-state index in [-0.39, 0.29) is 17.9 Å². The number of rotatable bonds is 4. The van der Waals surface area contributed by atoms with Gasteiger partial charge in [-0.25, -0.2) is 0 Å². The molecular weight excluding hydrogens is 420 g/mol. The summed E-state index contributed by atoms with van der Waals surface area (Å²) in [6.07, 6.45) is 12.0. The van der Waals surface area contributed by atoms with Crippen LogP contribution in [0.3, 0.4) is 0 Å². The quantitative estimate of drug-likeness (QED) is 0.568. The molecule has 0 radical (unpaired) electrons. The van der Waals surface area contributed by atoms with E-state index in [0.717, 1.165) is 65.6 Å². The Balaban J connectivity index is 1.23. The van der Waals surface area contributed by atoms with Crippen molar-refractivity contribution in [3.63, 3.8) is 0 Å². The normalized spacial score (nSPS) is 20.5. The van der Waals surface area contributed by atoms with Crippen LogP contribution >= 0.6 is 0 Å². The van der Waals surface area contributed by atoms with Gasteiger partial charge in [0.15, 0.2) is 0 Å². The van der Waals surface area contributed by atoms with E-state index in [1.807, 2.05) is 0 Å². The van der Waals surface area contributed by atoms with Crippen molar-refractivity contribution in [2.75, 3.05) is 19.6 Å². The lowest BCUT2D eigenvalue weighted by atomic mass is 9.85. The minimum Gasteiger partial charge on any atom is -0.457 e. The van der Waals surface area contributed by atoms with Crippen molar-refractivity contribution in [1.29, 1.82) is 0 Å². The van der Waals surface area contributed by atoms with Crippen LogP contribution in [-0.4, -0.2) is 36.5 Å². The molecule has 4 nitrogen and oxygen atoms in total. The molecule has 2 heterocycles. The second-order valence-corrected chi connectivity index (χ2v) is 10.9. The van der Waals surface area contributed by atoms with Gasteiger partial charge in [-0.05, 0) is 68.7 Å². The SMILES string of the molecule is Cc1ccc2c(c1)Oc1cc(C)ccc1C2C(=O)NC1CCN(CC2CCCCCCC2)CC1. The van der Waals surface area contributed by atoms with Crippen LogP contribution in [0.5, 0.6) is 11.5 Å². The Kier molecular flexibility index (Phi) is 7.24. The third-order valence-corrected chi connectivity index (χ3v) is 8.12. The van der Waals surface area contributed by atoms with E-state index in [1.54, 1.807) is 0 Å². The monoisotopic (exact) mass is 460 g/mol. The average Bonchev–Trinajstić information content (AvgIpc) is 2.80. The lowest BCUT2D eigenvalue weighted by molar-refractivity contribution is -0.122. The number of amides is 1. The zero-order valence-electron chi connectivity index (χ0n) is 20.9. The topological polar surface area (TPSA) is 41.6 Å². The number of aryl methyl sites for hydroxylation is 2. The Labute approximate surface area is 205 Å². The van der Waals surface area contributed by atoms with E-state index >= 15 is 0 Å². The lowest BCUT2D eigenvalue weighted by Crippen LogP contribution is -2.47. The fourth-order valence-corrected chi connectivity index (χ4v) is 6.14. The molecule has 0 unspecified atom stereocenters. The van der Waals surface area contributed by atoms with Crippen LogP contribution in [0, 0.1) is 19.8 Å². The molecule has 4 heteroatoms. The second-order valence-electron chi connectivity index (χ2n) is 10.9. The summed E-state index contributed by atoms with van der Waals surface area (Å²) in [7, 11) is 0. The molecule has 1 saturated heterocycles. The Morgan fingerprint density at radius 2 is 1.41 bits per heavy atom. The number of hydrogen-bond donors (Lipinski definition) is 1. The molecule has 3 aliphatic rings. The summed E-state index contributed by atoms with van der Waals surface area (Å²) in [6.45, 7) is 7.57. The molecule has 0 aromatic heterocycles. The van der Waals surface area contributed by atoms with Gasteiger partial charge >= 0.3 is 0 Å². The van der Waals surface area contributed by atoms with Crippen LogP contribution in [0.25, 0.3) is 0 Å². The maximum atomic E-state index is 13.7. The molecule has 1 N–H and O–H groups in total. The molecule has 2 aliphatic heterocycles. The highest BCUT2D eigenvalue weighted by atomic mass is 16.5. The molecule has 1 amide bonds. The van der Waals surface area contributed by atoms with E-state index in [0.29, 0.717) is 0 Å². The van der Waals surface area contributed by atoms with Crippen LogP contribution < -0.4 is 10.1 Å². The van der Waals surface area contributed by atoms with Crippen molar-refractivity contribution in [2.45, 2.75) is 83.6 Å². The summed E-state index contributed by atoms with van der Waals surface area (Å²) in [6, 6.07) is 12.6. The predicted molar refractivity (Wildman–Crippen MR) is 138 cm³/mol. The molecule has 0 bridgehead atoms. The first-order valence-electron chi connectivity index (χ1n) is 13.5. The molecular formula is C30H40N2O2. The molecule has 2 fully saturated rings. The van der Waals surface area contributed by atoms with Crippen LogP contribution in [0.2, 0.25) is 0 Å². The number of piperidine rings is 1. The van der Waals surface area contributed by atoms with Crippen molar-refractivity contribution >= 4 is 5.91 Å². The summed E-state index contributed by atoms with van der Waals surface area (Å²) in [5, 5.41) is 3.42. The summed E-state index contributed by atoms with van der Waals surface area (Å²) in [4.78, 5) is 16.3. The van der Waals surface area contributed by atoms with E-state index < -0.39 is 0 Å². The number of nitrogens with one attached hydrogen (secondary N) is 1. The Hall–Kier alpha value is -2.33. The van der Waals surface area contributed by atoms with E-state index in [9.17, 15) is 4.79 Å². The molecule has 5 rings (SSSR count). The first kappa shape index (κ1) is 23.4. The Bertz CT molecular complexity index is 949. The standard InChI is InChI=1S/C30H40N2O2/c1-21-10-12-25-27(18-21)34-28-19-22(2)11-13-26(28)29(25)30(33)31-24-14-16-32(17-15-24)20-23-8-6-4-3-5-7-9-23/h10-13,18-19,23-24,29H,3-9,14-17,20H2,1-2H3,(H,31,33). The fourth-order valence-electron chi connectivity index (χ4n) is 6.14. The second kappa shape index (κ2) is 10.5. The Morgan fingerprint density at radius 3 is 2.00 bits per heavy atom. The highest BCUT2D eigenvalue weighted by Gasteiger charge is 2.34. The number of carbonyl (C=O) groups excluding carboxylic acids is 1. The van der Waals surface area contributed by atoms with Crippen LogP contribution in [0.15, 0.2) is 36.4 Å². The summed E-state index contributed by atoms with van der Waals surface area (Å²) < 4.78 is 6.23. The van der Waals surface area contributed by atoms with Gasteiger partial charge in [-0.3, -0.25) is 4.79 Å². The van der Waals surface area contributed by atoms with Gasteiger partial charge in [-0.2, -0.15) is 0 Å². The molecule has 34 heavy (non-hydrogen) atoms. The number of benzene rings is 2. The zero-order valence-corrected chi connectivity index (χ0v) is 20.9. The fraction of sp³-hybridized carbons (Fsp3) is 0.567. The molecule has 0 atom stereocenters. The van der Waals surface area contributed by atoms with Crippen molar-refractivity contribution in [2.24, 2.45) is 5.92 Å². The maximum absolute atomic E-state index is 13.7. The lowest BCUT2D eigenvalue weighted by Gasteiger charge is -2.36. The molecule has 1 aliphatic carbocycles. The minimum atomic E-state index is -0.312. The van der Waals surface area contributed by atoms with E-state index in [1.165, 1.54) is 51.5 Å². The van der Waals surface area contributed by atoms with Gasteiger partial charge in [0, 0.05) is 36.8 Å². The highest BCUT2D eigenvalue weighted by molar-refractivity contribution is 5.90. The third-order valence-electron chi connectivity index (χ3n) is 8.12. The molecule has 2 aromatic carbocycles. The van der Waals surface area contributed by atoms with Crippen molar-refractivity contribution < 1.29 is 9.53 Å². The van der Waals surface area contributed by atoms with Crippen LogP contribution in [0.4, 0.5) is 0 Å². The number of ether oxygens (including phenoxy) is 1. The first-order chi connectivity index (χ1) is 16.6. The number of hydrogen-bond acceptors (Lipinski definition) is 3. The molecule has 2 aromatic rings. The van der Waals surface area contributed by atoms with E-state index in [4.69, 9.17) is 4.74 Å². The van der Waals surface area contributed by atoms with Gasteiger partial charge in [0.2, 0.25) is 5.91 Å². The van der Waals surface area contributed by atoms with Gasteiger partial charge in [-0.15, -0.1) is 0 Å². The van der Waals surface area contributed by atoms with Crippen molar-refractivity contribution in [1.82, 2.24) is 10.2 Å².